The van der Waals surface area contributed by atoms with Gasteiger partial charge in [-0.15, -0.1) is 0 Å². The highest BCUT2D eigenvalue weighted by Crippen LogP contribution is 2.20. The van der Waals surface area contributed by atoms with Gasteiger partial charge in [-0.05, 0) is 30.7 Å². The molecule has 0 fully saturated rings. The zero-order chi connectivity index (χ0) is 18.0. The van der Waals surface area contributed by atoms with Gasteiger partial charge in [0.15, 0.2) is 0 Å². The molecule has 9 heteroatoms. The topological polar surface area (TPSA) is 122 Å². The highest BCUT2D eigenvalue weighted by Gasteiger charge is 2.13. The molecule has 0 unspecified atom stereocenters. The minimum atomic E-state index is -0.502. The van der Waals surface area contributed by atoms with Gasteiger partial charge in [-0.1, -0.05) is 11.2 Å². The summed E-state index contributed by atoms with van der Waals surface area (Å²) in [7, 11) is 0. The molecule has 25 heavy (non-hydrogen) atoms. The van der Waals surface area contributed by atoms with E-state index in [9.17, 15) is 14.9 Å². The Kier molecular flexibility index (Phi) is 4.12. The van der Waals surface area contributed by atoms with Crippen molar-refractivity contribution in [1.82, 2.24) is 9.38 Å². The van der Waals surface area contributed by atoms with Gasteiger partial charge in [-0.2, -0.15) is 0 Å². The summed E-state index contributed by atoms with van der Waals surface area (Å²) >= 11 is 0. The van der Waals surface area contributed by atoms with Crippen LogP contribution in [0.25, 0.3) is 5.65 Å². The number of hydrogen-bond donors (Lipinski definition) is 2. The number of hydrogen-bond acceptors (Lipinski definition) is 7. The minimum Gasteiger partial charge on any atom is -0.411 e. The number of rotatable bonds is 4. The van der Waals surface area contributed by atoms with Crippen LogP contribution in [0.2, 0.25) is 0 Å². The highest BCUT2D eigenvalue weighted by atomic mass is 16.6. The van der Waals surface area contributed by atoms with E-state index in [2.05, 4.69) is 15.5 Å². The Hall–Kier alpha value is -3.75. The molecule has 0 aliphatic heterocycles. The maximum Gasteiger partial charge on any atom is 0.269 e. The molecular weight excluding hydrogens is 326 g/mol. The van der Waals surface area contributed by atoms with Crippen LogP contribution in [0.4, 0.5) is 17.2 Å². The van der Waals surface area contributed by atoms with Gasteiger partial charge in [0, 0.05) is 24.0 Å². The predicted octanol–water partition coefficient (Wildman–Crippen LogP) is 2.46. The Bertz CT molecular complexity index is 1040. The first-order valence-corrected chi connectivity index (χ1v) is 7.22. The molecule has 0 aliphatic carbocycles. The maximum atomic E-state index is 12.6. The van der Waals surface area contributed by atoms with Gasteiger partial charge < -0.3 is 10.5 Å². The number of aryl methyl sites for hydroxylation is 1. The molecule has 2 N–H and O–H groups in total. The van der Waals surface area contributed by atoms with Crippen LogP contribution in [-0.2, 0) is 0 Å². The molecule has 0 radical (unpaired) electrons. The van der Waals surface area contributed by atoms with E-state index in [1.165, 1.54) is 28.7 Å². The molecule has 9 nitrogen and oxygen atoms in total. The van der Waals surface area contributed by atoms with Crippen molar-refractivity contribution in [2.45, 2.75) is 6.92 Å². The van der Waals surface area contributed by atoms with Gasteiger partial charge >= 0.3 is 0 Å². The second-order valence-electron chi connectivity index (χ2n) is 5.24. The number of nitrogens with one attached hydrogen (secondary N) is 1. The lowest BCUT2D eigenvalue weighted by molar-refractivity contribution is -0.384. The summed E-state index contributed by atoms with van der Waals surface area (Å²) in [4.78, 5) is 27.3. The van der Waals surface area contributed by atoms with E-state index < -0.39 is 10.5 Å². The lowest BCUT2D eigenvalue weighted by atomic mass is 10.2. The van der Waals surface area contributed by atoms with Crippen LogP contribution in [0.5, 0.6) is 0 Å². The van der Waals surface area contributed by atoms with E-state index in [4.69, 9.17) is 5.21 Å². The average molecular weight is 339 g/mol. The third-order valence-corrected chi connectivity index (χ3v) is 3.61. The molecule has 0 amide bonds. The molecular formula is C16H13N5O4. The molecule has 2 heterocycles. The Balaban J connectivity index is 2.14. The van der Waals surface area contributed by atoms with Crippen molar-refractivity contribution < 1.29 is 10.1 Å². The number of non-ortho nitro benzene ring substituents is 1. The Morgan fingerprint density at radius 1 is 1.32 bits per heavy atom. The van der Waals surface area contributed by atoms with E-state index in [-0.39, 0.29) is 17.1 Å². The Morgan fingerprint density at radius 3 is 2.68 bits per heavy atom. The predicted molar refractivity (Wildman–Crippen MR) is 92.0 cm³/mol. The standard InChI is InChI=1S/C16H13N5O4/c1-10-3-2-8-20-15(10)19-14(13(9-17-23)16(20)22)18-11-4-6-12(7-5-11)21(24)25/h2-9,18,23H,1H3/b17-9+. The number of nitro groups is 1. The molecule has 3 rings (SSSR count). The summed E-state index contributed by atoms with van der Waals surface area (Å²) < 4.78 is 1.35. The van der Waals surface area contributed by atoms with Crippen molar-refractivity contribution >= 4 is 29.1 Å². The first-order valence-electron chi connectivity index (χ1n) is 7.22. The van der Waals surface area contributed by atoms with E-state index in [1.807, 2.05) is 13.0 Å². The molecule has 0 saturated carbocycles. The minimum absolute atomic E-state index is 0.0509. The summed E-state index contributed by atoms with van der Waals surface area (Å²) in [5.74, 6) is 0.186. The van der Waals surface area contributed by atoms with Gasteiger partial charge in [0.25, 0.3) is 11.2 Å². The highest BCUT2D eigenvalue weighted by molar-refractivity contribution is 5.87. The van der Waals surface area contributed by atoms with E-state index >= 15 is 0 Å². The van der Waals surface area contributed by atoms with Crippen molar-refractivity contribution in [3.63, 3.8) is 0 Å². The van der Waals surface area contributed by atoms with Crippen LogP contribution in [0, 0.1) is 17.0 Å². The first kappa shape index (κ1) is 16.1. The zero-order valence-electron chi connectivity index (χ0n) is 13.1. The van der Waals surface area contributed by atoms with E-state index in [0.717, 1.165) is 11.8 Å². The van der Waals surface area contributed by atoms with Gasteiger partial charge in [0.2, 0.25) is 0 Å². The zero-order valence-corrected chi connectivity index (χ0v) is 13.1. The molecule has 0 aliphatic rings. The maximum absolute atomic E-state index is 12.6. The van der Waals surface area contributed by atoms with Crippen LogP contribution in [0.15, 0.2) is 52.5 Å². The fourth-order valence-corrected chi connectivity index (χ4v) is 2.38. The Labute approximate surface area is 141 Å². The normalized spacial score (nSPS) is 11.1. The van der Waals surface area contributed by atoms with Crippen molar-refractivity contribution in [1.29, 1.82) is 0 Å². The number of anilines is 2. The van der Waals surface area contributed by atoms with Gasteiger partial charge in [0.1, 0.15) is 17.0 Å². The SMILES string of the molecule is Cc1cccn2c(=O)c(/C=N/O)c(Nc3ccc([N+](=O)[O-])cc3)nc12. The number of pyridine rings is 1. The van der Waals surface area contributed by atoms with Gasteiger partial charge in [0.05, 0.1) is 11.1 Å². The molecule has 1 aromatic carbocycles. The van der Waals surface area contributed by atoms with E-state index in [0.29, 0.717) is 11.3 Å². The summed E-state index contributed by atoms with van der Waals surface area (Å²) in [6, 6.07) is 9.20. The van der Waals surface area contributed by atoms with E-state index in [1.54, 1.807) is 12.3 Å². The third kappa shape index (κ3) is 3.02. The summed E-state index contributed by atoms with van der Waals surface area (Å²) in [6.07, 6.45) is 2.57. The quantitative estimate of drug-likeness (QED) is 0.326. The lowest BCUT2D eigenvalue weighted by Crippen LogP contribution is -2.22. The van der Waals surface area contributed by atoms with Crippen LogP contribution < -0.4 is 10.9 Å². The number of fused-ring (bicyclic) bond motifs is 1. The first-order chi connectivity index (χ1) is 12.0. The number of aromatic nitrogens is 2. The molecule has 0 spiro atoms. The van der Waals surface area contributed by atoms with Crippen LogP contribution in [0.1, 0.15) is 11.1 Å². The van der Waals surface area contributed by atoms with Crippen molar-refractivity contribution in [2.24, 2.45) is 5.16 Å². The molecule has 3 aromatic rings. The number of oxime groups is 1. The smallest absolute Gasteiger partial charge is 0.269 e. The molecule has 126 valence electrons. The fraction of sp³-hybridized carbons (Fsp3) is 0.0625. The molecule has 0 bridgehead atoms. The summed E-state index contributed by atoms with van der Waals surface area (Å²) in [5.41, 5.74) is 1.35. The molecule has 0 saturated heterocycles. The molecule has 2 aromatic heterocycles. The monoisotopic (exact) mass is 339 g/mol. The van der Waals surface area contributed by atoms with Crippen molar-refractivity contribution in [3.8, 4) is 0 Å². The summed E-state index contributed by atoms with van der Waals surface area (Å²) in [6.45, 7) is 1.82. The lowest BCUT2D eigenvalue weighted by Gasteiger charge is -2.11. The van der Waals surface area contributed by atoms with Crippen molar-refractivity contribution in [2.75, 3.05) is 5.32 Å². The molecule has 0 atom stereocenters. The van der Waals surface area contributed by atoms with Crippen molar-refractivity contribution in [3.05, 3.63) is 74.2 Å². The number of benzene rings is 1. The second kappa shape index (κ2) is 6.40. The van der Waals surface area contributed by atoms with Gasteiger partial charge in [-0.25, -0.2) is 4.98 Å². The fourth-order valence-electron chi connectivity index (χ4n) is 2.38. The summed E-state index contributed by atoms with van der Waals surface area (Å²) in [5, 5.41) is 25.4. The van der Waals surface area contributed by atoms with Crippen LogP contribution in [0.3, 0.4) is 0 Å². The number of nitrogens with zero attached hydrogens (tertiary/aromatic N) is 4. The van der Waals surface area contributed by atoms with Crippen LogP contribution in [-0.4, -0.2) is 25.7 Å². The third-order valence-electron chi connectivity index (χ3n) is 3.61. The van der Waals surface area contributed by atoms with Crippen LogP contribution >= 0.6 is 0 Å². The van der Waals surface area contributed by atoms with Gasteiger partial charge in [-0.3, -0.25) is 19.3 Å². The largest absolute Gasteiger partial charge is 0.411 e. The second-order valence-corrected chi connectivity index (χ2v) is 5.24. The number of nitro benzene ring substituents is 1. The average Bonchev–Trinajstić information content (AvgIpc) is 2.60. The Morgan fingerprint density at radius 2 is 2.04 bits per heavy atom.